The maximum Gasteiger partial charge on any atom is 0.188 e. The monoisotopic (exact) mass is 347 g/mol. The summed E-state index contributed by atoms with van der Waals surface area (Å²) < 4.78 is 17.2. The van der Waals surface area contributed by atoms with Crippen molar-refractivity contribution in [2.24, 2.45) is 10.7 Å². The molecule has 0 bridgehead atoms. The maximum absolute atomic E-state index is 6.11. The Kier molecular flexibility index (Phi) is 6.15. The molecule has 2 aliphatic rings. The maximum atomic E-state index is 6.11. The first-order chi connectivity index (χ1) is 12.2. The summed E-state index contributed by atoms with van der Waals surface area (Å²) in [7, 11) is 1.67. The summed E-state index contributed by atoms with van der Waals surface area (Å²) in [5, 5.41) is 3.15. The number of hydrogen-bond acceptors (Lipinski definition) is 4. The quantitative estimate of drug-likeness (QED) is 0.609. The second kappa shape index (κ2) is 8.54. The van der Waals surface area contributed by atoms with E-state index in [1.807, 2.05) is 12.1 Å². The van der Waals surface area contributed by atoms with Crippen LogP contribution in [0.15, 0.2) is 29.3 Å². The third-order valence-corrected chi connectivity index (χ3v) is 4.87. The zero-order valence-corrected chi connectivity index (χ0v) is 15.0. The van der Waals surface area contributed by atoms with Gasteiger partial charge in [0.15, 0.2) is 11.7 Å². The summed E-state index contributed by atoms with van der Waals surface area (Å²) in [6.07, 6.45) is 6.55. The van der Waals surface area contributed by atoms with Crippen molar-refractivity contribution < 1.29 is 14.2 Å². The first-order valence-corrected chi connectivity index (χ1v) is 9.18. The van der Waals surface area contributed by atoms with Crippen LogP contribution in [0.3, 0.4) is 0 Å². The molecule has 1 aromatic carbocycles. The summed E-state index contributed by atoms with van der Waals surface area (Å²) >= 11 is 0. The number of guanidine groups is 1. The lowest BCUT2D eigenvalue weighted by Crippen LogP contribution is -2.35. The van der Waals surface area contributed by atoms with Crippen molar-refractivity contribution in [3.05, 3.63) is 29.8 Å². The highest BCUT2D eigenvalue weighted by Gasteiger charge is 2.41. The van der Waals surface area contributed by atoms with Crippen molar-refractivity contribution in [3.8, 4) is 5.75 Å². The Bertz CT molecular complexity index is 568. The number of hydrogen-bond donors (Lipinski definition) is 2. The van der Waals surface area contributed by atoms with Crippen molar-refractivity contribution >= 4 is 5.96 Å². The Hall–Kier alpha value is -1.79. The summed E-state index contributed by atoms with van der Waals surface area (Å²) in [6.45, 7) is 1.90. The van der Waals surface area contributed by atoms with Crippen LogP contribution in [0.25, 0.3) is 0 Å². The van der Waals surface area contributed by atoms with Crippen molar-refractivity contribution in [2.45, 2.75) is 50.4 Å². The van der Waals surface area contributed by atoms with Crippen LogP contribution in [0.1, 0.15) is 37.7 Å². The Balaban J connectivity index is 1.37. The van der Waals surface area contributed by atoms with E-state index in [0.29, 0.717) is 19.1 Å². The number of nitrogens with zero attached hydrogens (tertiary/aromatic N) is 1. The van der Waals surface area contributed by atoms with Crippen LogP contribution in [0.4, 0.5) is 0 Å². The normalized spacial score (nSPS) is 22.9. The molecular formula is C19H29N3O3. The van der Waals surface area contributed by atoms with E-state index < -0.39 is 0 Å². The molecule has 25 heavy (non-hydrogen) atoms. The largest absolute Gasteiger partial charge is 0.497 e. The average Bonchev–Trinajstić information content (AvgIpc) is 3.03. The van der Waals surface area contributed by atoms with E-state index in [1.165, 1.54) is 24.8 Å². The standard InChI is InChI=1S/C19H29N3O3/c1-23-16-7-5-15(6-8-16)9-12-21-18(20)22-13-17-14-24-19(25-17)10-3-2-4-11-19/h5-8,17H,2-4,9-14H2,1H3,(H3,20,21,22). The van der Waals surface area contributed by atoms with Crippen LogP contribution in [0, 0.1) is 0 Å². The molecule has 1 aliphatic heterocycles. The number of nitrogens with two attached hydrogens (primary N) is 1. The molecule has 138 valence electrons. The van der Waals surface area contributed by atoms with E-state index in [4.69, 9.17) is 19.9 Å². The van der Waals surface area contributed by atoms with E-state index in [1.54, 1.807) is 7.11 Å². The summed E-state index contributed by atoms with van der Waals surface area (Å²) in [5.74, 6) is 0.989. The van der Waals surface area contributed by atoms with E-state index in [9.17, 15) is 0 Å². The molecule has 1 unspecified atom stereocenters. The first kappa shape index (κ1) is 18.0. The minimum Gasteiger partial charge on any atom is -0.497 e. The summed E-state index contributed by atoms with van der Waals surface area (Å²) in [6, 6.07) is 8.04. The molecule has 1 aromatic rings. The predicted molar refractivity (Wildman–Crippen MR) is 97.8 cm³/mol. The minimum absolute atomic E-state index is 0.0139. The first-order valence-electron chi connectivity index (χ1n) is 9.18. The van der Waals surface area contributed by atoms with Crippen LogP contribution >= 0.6 is 0 Å². The lowest BCUT2D eigenvalue weighted by molar-refractivity contribution is -0.186. The molecule has 0 amide bonds. The average molecular weight is 347 g/mol. The van der Waals surface area contributed by atoms with Crippen LogP contribution in [-0.4, -0.2) is 44.7 Å². The highest BCUT2D eigenvalue weighted by molar-refractivity contribution is 5.77. The van der Waals surface area contributed by atoms with Crippen LogP contribution in [0.5, 0.6) is 5.75 Å². The smallest absolute Gasteiger partial charge is 0.188 e. The molecule has 1 heterocycles. The van der Waals surface area contributed by atoms with E-state index in [0.717, 1.165) is 31.6 Å². The van der Waals surface area contributed by atoms with E-state index in [2.05, 4.69) is 22.4 Å². The number of ether oxygens (including phenoxy) is 3. The minimum atomic E-state index is -0.338. The number of aliphatic imine (C=N–C) groups is 1. The van der Waals surface area contributed by atoms with Gasteiger partial charge >= 0.3 is 0 Å². The van der Waals surface area contributed by atoms with Crippen molar-refractivity contribution in [3.63, 3.8) is 0 Å². The number of rotatable bonds is 6. The lowest BCUT2D eigenvalue weighted by Gasteiger charge is -2.31. The third kappa shape index (κ3) is 5.09. The molecule has 0 radical (unpaired) electrons. The van der Waals surface area contributed by atoms with Crippen LogP contribution in [-0.2, 0) is 15.9 Å². The predicted octanol–water partition coefficient (Wildman–Crippen LogP) is 2.22. The van der Waals surface area contributed by atoms with Gasteiger partial charge < -0.3 is 25.3 Å². The van der Waals surface area contributed by atoms with Gasteiger partial charge in [0.1, 0.15) is 11.9 Å². The second-order valence-corrected chi connectivity index (χ2v) is 6.77. The molecule has 3 N–H and O–H groups in total. The van der Waals surface area contributed by atoms with Gasteiger partial charge in [-0.3, -0.25) is 4.99 Å². The molecule has 6 heteroatoms. The van der Waals surface area contributed by atoms with Crippen molar-refractivity contribution in [1.82, 2.24) is 5.32 Å². The van der Waals surface area contributed by atoms with Crippen molar-refractivity contribution in [1.29, 1.82) is 0 Å². The molecule has 1 saturated heterocycles. The zero-order chi connectivity index (χ0) is 17.5. The SMILES string of the molecule is COc1ccc(CCNC(N)=NCC2COC3(CCCCC3)O2)cc1. The van der Waals surface area contributed by atoms with E-state index >= 15 is 0 Å². The van der Waals surface area contributed by atoms with Crippen molar-refractivity contribution in [2.75, 3.05) is 26.8 Å². The highest BCUT2D eigenvalue weighted by atomic mass is 16.7. The fraction of sp³-hybridized carbons (Fsp3) is 0.632. The highest BCUT2D eigenvalue weighted by Crippen LogP contribution is 2.37. The van der Waals surface area contributed by atoms with Gasteiger partial charge in [-0.25, -0.2) is 0 Å². The number of nitrogens with one attached hydrogen (secondary N) is 1. The molecule has 2 fully saturated rings. The molecule has 3 rings (SSSR count). The zero-order valence-electron chi connectivity index (χ0n) is 15.0. The number of methoxy groups -OCH3 is 1. The fourth-order valence-electron chi connectivity index (χ4n) is 3.44. The van der Waals surface area contributed by atoms with Gasteiger partial charge in [-0.2, -0.15) is 0 Å². The molecular weight excluding hydrogens is 318 g/mol. The van der Waals surface area contributed by atoms with Gasteiger partial charge in [-0.15, -0.1) is 0 Å². The fourth-order valence-corrected chi connectivity index (χ4v) is 3.44. The Morgan fingerprint density at radius 1 is 1.28 bits per heavy atom. The van der Waals surface area contributed by atoms with E-state index in [-0.39, 0.29) is 11.9 Å². The second-order valence-electron chi connectivity index (χ2n) is 6.77. The lowest BCUT2D eigenvalue weighted by atomic mass is 9.94. The number of benzene rings is 1. The molecule has 0 aromatic heterocycles. The topological polar surface area (TPSA) is 78.1 Å². The van der Waals surface area contributed by atoms with Gasteiger partial charge in [0.2, 0.25) is 0 Å². The Labute approximate surface area is 149 Å². The Morgan fingerprint density at radius 3 is 2.76 bits per heavy atom. The molecule has 1 spiro atoms. The molecule has 1 aliphatic carbocycles. The molecule has 6 nitrogen and oxygen atoms in total. The molecule has 1 atom stereocenters. The third-order valence-electron chi connectivity index (χ3n) is 4.87. The van der Waals surface area contributed by atoms with Gasteiger partial charge in [-0.1, -0.05) is 18.6 Å². The Morgan fingerprint density at radius 2 is 2.04 bits per heavy atom. The summed E-state index contributed by atoms with van der Waals surface area (Å²) in [4.78, 5) is 4.40. The van der Waals surface area contributed by atoms with Crippen LogP contribution in [0.2, 0.25) is 0 Å². The van der Waals surface area contributed by atoms with Crippen LogP contribution < -0.4 is 15.8 Å². The summed E-state index contributed by atoms with van der Waals surface area (Å²) in [5.41, 5.74) is 7.18. The van der Waals surface area contributed by atoms with Gasteiger partial charge in [0, 0.05) is 19.4 Å². The molecule has 1 saturated carbocycles. The van der Waals surface area contributed by atoms with Gasteiger partial charge in [-0.05, 0) is 37.0 Å². The van der Waals surface area contributed by atoms with Gasteiger partial charge in [0.05, 0.1) is 20.3 Å². The van der Waals surface area contributed by atoms with Gasteiger partial charge in [0.25, 0.3) is 0 Å².